The third kappa shape index (κ3) is 3.31. The number of aryl methyl sites for hydroxylation is 3. The summed E-state index contributed by atoms with van der Waals surface area (Å²) < 4.78 is 0. The molecule has 1 aromatic rings. The van der Waals surface area contributed by atoms with E-state index in [2.05, 4.69) is 32.9 Å². The molecule has 1 atom stereocenters. The minimum Gasteiger partial charge on any atom is -0.299 e. The van der Waals surface area contributed by atoms with Crippen LogP contribution in [0.3, 0.4) is 0 Å². The summed E-state index contributed by atoms with van der Waals surface area (Å²) in [6, 6.07) is 4.21. The maximum atomic E-state index is 12.2. The molecule has 0 amide bonds. The van der Waals surface area contributed by atoms with Crippen molar-refractivity contribution in [3.63, 3.8) is 0 Å². The van der Waals surface area contributed by atoms with E-state index in [1.54, 1.807) is 0 Å². The Hall–Kier alpha value is -1.44. The minimum absolute atomic E-state index is 0.0285. The van der Waals surface area contributed by atoms with Gasteiger partial charge in [-0.2, -0.15) is 0 Å². The number of hydrogen-bond donors (Lipinski definition) is 0. The molecule has 0 bridgehead atoms. The maximum absolute atomic E-state index is 12.2. The van der Waals surface area contributed by atoms with Crippen LogP contribution >= 0.6 is 0 Å². The molecule has 19 heavy (non-hydrogen) atoms. The number of rotatable bonds is 6. The molecule has 0 saturated carbocycles. The Balaban J connectivity index is 3.52. The van der Waals surface area contributed by atoms with E-state index in [9.17, 15) is 9.59 Å². The number of carbonyl (C=O) groups is 2. The van der Waals surface area contributed by atoms with Crippen molar-refractivity contribution >= 4 is 11.6 Å². The summed E-state index contributed by atoms with van der Waals surface area (Å²) in [5.41, 5.74) is 4.44. The largest absolute Gasteiger partial charge is 0.299 e. The van der Waals surface area contributed by atoms with Gasteiger partial charge in [0.2, 0.25) is 0 Å². The molecule has 0 saturated heterocycles. The molecule has 0 aliphatic carbocycles. The Morgan fingerprint density at radius 2 is 1.53 bits per heavy atom. The van der Waals surface area contributed by atoms with Crippen LogP contribution in [0.4, 0.5) is 0 Å². The third-order valence-electron chi connectivity index (χ3n) is 3.62. The van der Waals surface area contributed by atoms with Crippen LogP contribution in [0.25, 0.3) is 0 Å². The van der Waals surface area contributed by atoms with Crippen molar-refractivity contribution in [1.29, 1.82) is 0 Å². The fraction of sp³-hybridized carbons (Fsp3) is 0.529. The second kappa shape index (κ2) is 6.65. The van der Waals surface area contributed by atoms with Crippen molar-refractivity contribution < 1.29 is 9.59 Å². The Bertz CT molecular complexity index is 461. The zero-order chi connectivity index (χ0) is 14.6. The zero-order valence-electron chi connectivity index (χ0n) is 12.7. The van der Waals surface area contributed by atoms with Gasteiger partial charge >= 0.3 is 0 Å². The lowest BCUT2D eigenvalue weighted by Gasteiger charge is -2.21. The minimum atomic E-state index is -0.574. The molecule has 0 fully saturated rings. The van der Waals surface area contributed by atoms with Crippen molar-refractivity contribution in [2.24, 2.45) is 0 Å². The predicted octanol–water partition coefficient (Wildman–Crippen LogP) is 3.77. The number of benzene rings is 1. The Morgan fingerprint density at radius 1 is 1.05 bits per heavy atom. The smallest absolute Gasteiger partial charge is 0.147 e. The second-order valence-corrected chi connectivity index (χ2v) is 5.07. The molecule has 0 heterocycles. The molecular weight excluding hydrogens is 236 g/mol. The molecule has 2 heteroatoms. The van der Waals surface area contributed by atoms with Gasteiger partial charge in [-0.05, 0) is 43.4 Å². The van der Waals surface area contributed by atoms with Gasteiger partial charge in [0.1, 0.15) is 17.5 Å². The van der Waals surface area contributed by atoms with E-state index in [0.29, 0.717) is 6.42 Å². The second-order valence-electron chi connectivity index (χ2n) is 5.07. The first-order chi connectivity index (χ1) is 8.96. The fourth-order valence-corrected chi connectivity index (χ4v) is 2.70. The van der Waals surface area contributed by atoms with Crippen LogP contribution in [-0.2, 0) is 22.4 Å². The number of Topliss-reactive ketones (excluding diaryl/α,β-unsaturated/α-hetero) is 2. The summed E-state index contributed by atoms with van der Waals surface area (Å²) >= 11 is 0. The Morgan fingerprint density at radius 3 is 1.84 bits per heavy atom. The normalized spacial score (nSPS) is 12.3. The highest BCUT2D eigenvalue weighted by Gasteiger charge is 2.27. The van der Waals surface area contributed by atoms with Crippen LogP contribution in [0.1, 0.15) is 62.3 Å². The zero-order valence-corrected chi connectivity index (χ0v) is 12.7. The Labute approximate surface area is 116 Å². The molecule has 0 N–H and O–H groups in total. The van der Waals surface area contributed by atoms with E-state index in [1.807, 2.05) is 6.92 Å². The van der Waals surface area contributed by atoms with Crippen molar-refractivity contribution in [1.82, 2.24) is 0 Å². The summed E-state index contributed by atoms with van der Waals surface area (Å²) in [5, 5.41) is 0. The van der Waals surface area contributed by atoms with Crippen molar-refractivity contribution in [2.75, 3.05) is 0 Å². The standard InChI is InChI=1S/C17H24O2/c1-6-13-9-11(4)10-14(7-2)17(13)16(12(5)18)15(19)8-3/h9-10,16H,6-8H2,1-5H3. The highest BCUT2D eigenvalue weighted by atomic mass is 16.1. The van der Waals surface area contributed by atoms with E-state index in [-0.39, 0.29) is 11.6 Å². The first-order valence-corrected chi connectivity index (χ1v) is 7.11. The molecule has 0 aromatic heterocycles. The topological polar surface area (TPSA) is 34.1 Å². The van der Waals surface area contributed by atoms with Crippen molar-refractivity contribution in [2.45, 2.75) is 59.8 Å². The molecule has 1 aromatic carbocycles. The van der Waals surface area contributed by atoms with E-state index < -0.39 is 5.92 Å². The van der Waals surface area contributed by atoms with Crippen molar-refractivity contribution in [3.05, 3.63) is 34.4 Å². The molecule has 1 rings (SSSR count). The lowest BCUT2D eigenvalue weighted by molar-refractivity contribution is -0.128. The number of carbonyl (C=O) groups excluding carboxylic acids is 2. The van der Waals surface area contributed by atoms with Gasteiger partial charge in [0.15, 0.2) is 0 Å². The van der Waals surface area contributed by atoms with Crippen LogP contribution in [0.2, 0.25) is 0 Å². The van der Waals surface area contributed by atoms with E-state index in [4.69, 9.17) is 0 Å². The molecule has 0 aliphatic rings. The van der Waals surface area contributed by atoms with E-state index in [1.165, 1.54) is 12.5 Å². The van der Waals surface area contributed by atoms with Gasteiger partial charge in [-0.15, -0.1) is 0 Å². The molecule has 104 valence electrons. The van der Waals surface area contributed by atoms with Crippen LogP contribution in [-0.4, -0.2) is 11.6 Å². The van der Waals surface area contributed by atoms with Gasteiger partial charge in [-0.1, -0.05) is 38.5 Å². The number of ketones is 2. The third-order valence-corrected chi connectivity index (χ3v) is 3.62. The van der Waals surface area contributed by atoms with Crippen LogP contribution in [0.15, 0.2) is 12.1 Å². The molecular formula is C17H24O2. The van der Waals surface area contributed by atoms with Gasteiger partial charge in [0.25, 0.3) is 0 Å². The quantitative estimate of drug-likeness (QED) is 0.730. The van der Waals surface area contributed by atoms with Gasteiger partial charge in [-0.3, -0.25) is 9.59 Å². The van der Waals surface area contributed by atoms with E-state index >= 15 is 0 Å². The SMILES string of the molecule is CCC(=O)C(C(C)=O)c1c(CC)cc(C)cc1CC. The van der Waals surface area contributed by atoms with Gasteiger partial charge < -0.3 is 0 Å². The van der Waals surface area contributed by atoms with Crippen LogP contribution in [0.5, 0.6) is 0 Å². The van der Waals surface area contributed by atoms with Gasteiger partial charge in [0, 0.05) is 6.42 Å². The van der Waals surface area contributed by atoms with Gasteiger partial charge in [0.05, 0.1) is 0 Å². The maximum Gasteiger partial charge on any atom is 0.147 e. The lowest BCUT2D eigenvalue weighted by atomic mass is 9.81. The lowest BCUT2D eigenvalue weighted by Crippen LogP contribution is -2.22. The summed E-state index contributed by atoms with van der Waals surface area (Å²) in [6.07, 6.45) is 2.11. The Kier molecular flexibility index (Phi) is 5.46. The summed E-state index contributed by atoms with van der Waals surface area (Å²) in [7, 11) is 0. The monoisotopic (exact) mass is 260 g/mol. The first kappa shape index (κ1) is 15.6. The summed E-state index contributed by atoms with van der Waals surface area (Å²) in [5.74, 6) is -0.587. The molecule has 1 unspecified atom stereocenters. The summed E-state index contributed by atoms with van der Waals surface area (Å²) in [6.45, 7) is 9.56. The molecule has 2 nitrogen and oxygen atoms in total. The molecule has 0 radical (unpaired) electrons. The van der Waals surface area contributed by atoms with Crippen molar-refractivity contribution in [3.8, 4) is 0 Å². The van der Waals surface area contributed by atoms with Gasteiger partial charge in [-0.25, -0.2) is 0 Å². The predicted molar refractivity (Wildman–Crippen MR) is 78.7 cm³/mol. The van der Waals surface area contributed by atoms with Crippen LogP contribution < -0.4 is 0 Å². The highest BCUT2D eigenvalue weighted by Crippen LogP contribution is 2.29. The fourth-order valence-electron chi connectivity index (χ4n) is 2.70. The number of hydrogen-bond acceptors (Lipinski definition) is 2. The summed E-state index contributed by atoms with van der Waals surface area (Å²) in [4.78, 5) is 24.1. The molecule has 0 aliphatic heterocycles. The average molecular weight is 260 g/mol. The molecule has 0 spiro atoms. The average Bonchev–Trinajstić information content (AvgIpc) is 2.39. The highest BCUT2D eigenvalue weighted by molar-refractivity contribution is 6.07. The first-order valence-electron chi connectivity index (χ1n) is 7.11. The van der Waals surface area contributed by atoms with Crippen LogP contribution in [0, 0.1) is 6.92 Å². The van der Waals surface area contributed by atoms with E-state index in [0.717, 1.165) is 29.5 Å².